The molecule has 1 aromatic heterocycles. The monoisotopic (exact) mass is 520 g/mol. The number of ether oxygens (including phenoxy) is 2. The van der Waals surface area contributed by atoms with E-state index in [0.29, 0.717) is 5.56 Å². The summed E-state index contributed by atoms with van der Waals surface area (Å²) in [4.78, 5) is 15.5. The number of carbonyl (C=O) groups excluding carboxylic acids is 1. The number of rotatable bonds is 7. The van der Waals surface area contributed by atoms with Gasteiger partial charge in [-0.25, -0.2) is 13.8 Å². The third kappa shape index (κ3) is 4.91. The minimum atomic E-state index is -4.49. The summed E-state index contributed by atoms with van der Waals surface area (Å²) >= 11 is 3.14. The van der Waals surface area contributed by atoms with E-state index in [0.717, 1.165) is 24.3 Å². The molecule has 2 aromatic carbocycles. The molecule has 1 amide bonds. The van der Waals surface area contributed by atoms with Crippen LogP contribution in [0, 0.1) is 11.6 Å². The zero-order valence-corrected chi connectivity index (χ0v) is 17.8. The number of halogens is 6. The molecule has 2 N–H and O–H groups in total. The van der Waals surface area contributed by atoms with Gasteiger partial charge in [-0.1, -0.05) is 12.1 Å². The van der Waals surface area contributed by atoms with E-state index in [1.165, 1.54) is 19.2 Å². The van der Waals surface area contributed by atoms with Gasteiger partial charge in [0.1, 0.15) is 17.1 Å². The van der Waals surface area contributed by atoms with Crippen molar-refractivity contribution < 1.29 is 40.6 Å². The number of hydrogen-bond acceptors (Lipinski definition) is 5. The molecule has 0 aliphatic carbocycles. The van der Waals surface area contributed by atoms with Gasteiger partial charge in [-0.05, 0) is 40.2 Å². The molecular weight excluding hydrogens is 507 g/mol. The van der Waals surface area contributed by atoms with Crippen molar-refractivity contribution in [2.24, 2.45) is 5.73 Å². The highest BCUT2D eigenvalue weighted by molar-refractivity contribution is 9.10. The molecule has 1 heterocycles. The zero-order chi connectivity index (χ0) is 23.6. The highest BCUT2D eigenvalue weighted by atomic mass is 79.9. The number of hydrogen-bond donors (Lipinski definition) is 1. The van der Waals surface area contributed by atoms with E-state index in [4.69, 9.17) is 19.6 Å². The maximum Gasteiger partial charge on any atom is 0.416 e. The Bertz CT molecular complexity index is 1130. The quantitative estimate of drug-likeness (QED) is 0.429. The summed E-state index contributed by atoms with van der Waals surface area (Å²) in [7, 11) is 1.32. The normalized spacial score (nSPS) is 12.6. The fourth-order valence-corrected chi connectivity index (χ4v) is 3.24. The van der Waals surface area contributed by atoms with Crippen LogP contribution in [0.5, 0.6) is 5.75 Å². The van der Waals surface area contributed by atoms with Crippen molar-refractivity contribution >= 4 is 21.8 Å². The molecule has 1 atom stereocenters. The molecular formula is C20H14BrF5N2O4. The van der Waals surface area contributed by atoms with Gasteiger partial charge in [0.05, 0.1) is 12.2 Å². The SMILES string of the molecule is COCC(Oc1ccc(F)c(C(N)=O)c1F)c1nc(-c2ccc(C(F)(F)F)cc2)c(Br)o1. The molecule has 3 aromatic rings. The number of nitrogens with two attached hydrogens (primary N) is 1. The molecule has 32 heavy (non-hydrogen) atoms. The maximum atomic E-state index is 14.5. The largest absolute Gasteiger partial charge is 0.475 e. The van der Waals surface area contributed by atoms with Crippen molar-refractivity contribution in [3.63, 3.8) is 0 Å². The number of alkyl halides is 3. The van der Waals surface area contributed by atoms with Crippen molar-refractivity contribution in [1.82, 2.24) is 4.98 Å². The molecule has 0 spiro atoms. The predicted molar refractivity (Wildman–Crippen MR) is 105 cm³/mol. The van der Waals surface area contributed by atoms with Crippen LogP contribution in [0.3, 0.4) is 0 Å². The molecule has 1 unspecified atom stereocenters. The van der Waals surface area contributed by atoms with Gasteiger partial charge in [-0.15, -0.1) is 0 Å². The second-order valence-corrected chi connectivity index (χ2v) is 7.13. The predicted octanol–water partition coefficient (Wildman–Crippen LogP) is 5.27. The average Bonchev–Trinajstić information content (AvgIpc) is 3.10. The lowest BCUT2D eigenvalue weighted by Gasteiger charge is -2.16. The summed E-state index contributed by atoms with van der Waals surface area (Å²) in [5.41, 5.74) is 3.66. The Balaban J connectivity index is 1.94. The highest BCUT2D eigenvalue weighted by Crippen LogP contribution is 2.35. The second kappa shape index (κ2) is 9.25. The third-order valence-electron chi connectivity index (χ3n) is 4.25. The molecule has 0 fully saturated rings. The topological polar surface area (TPSA) is 87.6 Å². The zero-order valence-electron chi connectivity index (χ0n) is 16.2. The Morgan fingerprint density at radius 3 is 2.41 bits per heavy atom. The first-order valence-electron chi connectivity index (χ1n) is 8.80. The molecule has 3 rings (SSSR count). The van der Waals surface area contributed by atoms with Crippen LogP contribution in [0.15, 0.2) is 45.5 Å². The summed E-state index contributed by atoms with van der Waals surface area (Å²) in [6.07, 6.45) is -5.65. The van der Waals surface area contributed by atoms with Crippen molar-refractivity contribution in [3.8, 4) is 17.0 Å². The number of benzene rings is 2. The van der Waals surface area contributed by atoms with E-state index in [1.54, 1.807) is 0 Å². The fraction of sp³-hybridized carbons (Fsp3) is 0.200. The first kappa shape index (κ1) is 23.7. The van der Waals surface area contributed by atoms with E-state index in [-0.39, 0.29) is 22.9 Å². The summed E-state index contributed by atoms with van der Waals surface area (Å²) in [5.74, 6) is -4.41. The Morgan fingerprint density at radius 2 is 1.84 bits per heavy atom. The van der Waals surface area contributed by atoms with Gasteiger partial charge in [0.25, 0.3) is 5.91 Å². The molecule has 0 bridgehead atoms. The summed E-state index contributed by atoms with van der Waals surface area (Å²) in [6, 6.07) is 5.95. The van der Waals surface area contributed by atoms with Gasteiger partial charge in [0.15, 0.2) is 22.3 Å². The molecule has 0 aliphatic rings. The number of carbonyl (C=O) groups is 1. The van der Waals surface area contributed by atoms with Crippen molar-refractivity contribution in [3.05, 3.63) is 69.7 Å². The number of oxazole rings is 1. The molecule has 170 valence electrons. The van der Waals surface area contributed by atoms with E-state index in [1.807, 2.05) is 0 Å². The Labute approximate surface area is 186 Å². The number of methoxy groups -OCH3 is 1. The maximum absolute atomic E-state index is 14.5. The van der Waals surface area contributed by atoms with Gasteiger partial charge in [-0.2, -0.15) is 13.2 Å². The summed E-state index contributed by atoms with van der Waals surface area (Å²) in [5, 5.41) is 0. The van der Waals surface area contributed by atoms with Crippen LogP contribution in [0.25, 0.3) is 11.3 Å². The minimum Gasteiger partial charge on any atom is -0.475 e. The Hall–Kier alpha value is -2.99. The molecule has 12 heteroatoms. The van der Waals surface area contributed by atoms with Gasteiger partial charge >= 0.3 is 6.18 Å². The van der Waals surface area contributed by atoms with Gasteiger partial charge < -0.3 is 19.6 Å². The molecule has 0 saturated heterocycles. The van der Waals surface area contributed by atoms with Crippen LogP contribution in [-0.2, 0) is 10.9 Å². The van der Waals surface area contributed by atoms with E-state index in [9.17, 15) is 26.7 Å². The van der Waals surface area contributed by atoms with Crippen LogP contribution in [-0.4, -0.2) is 24.6 Å². The molecule has 0 aliphatic heterocycles. The lowest BCUT2D eigenvalue weighted by atomic mass is 10.1. The number of aromatic nitrogens is 1. The van der Waals surface area contributed by atoms with Crippen molar-refractivity contribution in [2.75, 3.05) is 13.7 Å². The number of nitrogens with zero attached hydrogens (tertiary/aromatic N) is 1. The first-order chi connectivity index (χ1) is 15.0. The van der Waals surface area contributed by atoms with Gasteiger partial charge in [0, 0.05) is 12.7 Å². The Kier molecular flexibility index (Phi) is 6.84. The van der Waals surface area contributed by atoms with Crippen LogP contribution >= 0.6 is 15.9 Å². The third-order valence-corrected chi connectivity index (χ3v) is 4.79. The highest BCUT2D eigenvalue weighted by Gasteiger charge is 2.31. The lowest BCUT2D eigenvalue weighted by molar-refractivity contribution is -0.137. The lowest BCUT2D eigenvalue weighted by Crippen LogP contribution is -2.19. The van der Waals surface area contributed by atoms with Crippen LogP contribution in [0.4, 0.5) is 22.0 Å². The standard InChI is InChI=1S/C20H14BrF5N2O4/c1-30-8-13(31-12-7-6-11(22)14(15(12)23)18(27)29)19-28-16(17(21)32-19)9-2-4-10(5-3-9)20(24,25)26/h2-7,13H,8H2,1H3,(H2,27,29). The Morgan fingerprint density at radius 1 is 1.19 bits per heavy atom. The summed E-state index contributed by atoms with van der Waals surface area (Å²) < 4.78 is 82.7. The second-order valence-electron chi connectivity index (χ2n) is 6.41. The van der Waals surface area contributed by atoms with E-state index < -0.39 is 46.7 Å². The van der Waals surface area contributed by atoms with Gasteiger partial charge in [0.2, 0.25) is 5.89 Å². The van der Waals surface area contributed by atoms with Crippen LogP contribution in [0.2, 0.25) is 0 Å². The minimum absolute atomic E-state index is 0.0781. The molecule has 0 radical (unpaired) electrons. The van der Waals surface area contributed by atoms with E-state index >= 15 is 0 Å². The van der Waals surface area contributed by atoms with Crippen LogP contribution in [0.1, 0.15) is 27.9 Å². The van der Waals surface area contributed by atoms with Crippen LogP contribution < -0.4 is 10.5 Å². The molecule has 6 nitrogen and oxygen atoms in total. The van der Waals surface area contributed by atoms with Gasteiger partial charge in [-0.3, -0.25) is 4.79 Å². The number of primary amides is 1. The molecule has 0 saturated carbocycles. The fourth-order valence-electron chi connectivity index (χ4n) is 2.76. The van der Waals surface area contributed by atoms with E-state index in [2.05, 4.69) is 20.9 Å². The average molecular weight is 521 g/mol. The van der Waals surface area contributed by atoms with Crippen molar-refractivity contribution in [1.29, 1.82) is 0 Å². The smallest absolute Gasteiger partial charge is 0.416 e. The number of amides is 1. The first-order valence-corrected chi connectivity index (χ1v) is 9.59. The van der Waals surface area contributed by atoms with Crippen molar-refractivity contribution in [2.45, 2.75) is 12.3 Å². The summed E-state index contributed by atoms with van der Waals surface area (Å²) in [6.45, 7) is -0.192.